The molecule has 0 fully saturated rings. The van der Waals surface area contributed by atoms with Gasteiger partial charge >= 0.3 is 0 Å². The highest BCUT2D eigenvalue weighted by molar-refractivity contribution is 5.96. The van der Waals surface area contributed by atoms with E-state index in [1.165, 1.54) is 22.3 Å². The van der Waals surface area contributed by atoms with Crippen LogP contribution in [0.5, 0.6) is 11.5 Å². The fraction of sp³-hybridized carbons (Fsp3) is 0.0179. The van der Waals surface area contributed by atoms with Gasteiger partial charge in [-0.15, -0.1) is 0 Å². The molecule has 0 saturated carbocycles. The Labute approximate surface area is 348 Å². The van der Waals surface area contributed by atoms with Gasteiger partial charge in [-0.3, -0.25) is 4.98 Å². The van der Waals surface area contributed by atoms with E-state index < -0.39 is 5.41 Å². The van der Waals surface area contributed by atoms with Gasteiger partial charge in [0.1, 0.15) is 11.5 Å². The first-order chi connectivity index (χ1) is 29.8. The summed E-state index contributed by atoms with van der Waals surface area (Å²) in [7, 11) is 0. The molecule has 2 aromatic heterocycles. The molecule has 1 aliphatic heterocycles. The number of hydrogen-bond acceptors (Lipinski definition) is 4. The molecule has 0 atom stereocenters. The van der Waals surface area contributed by atoms with Crippen LogP contribution in [0.25, 0.3) is 78.2 Å². The molecule has 4 heteroatoms. The number of hydrogen-bond donors (Lipinski definition) is 0. The first-order valence-corrected chi connectivity index (χ1v) is 20.3. The normalized spacial score (nSPS) is 12.9. The first-order valence-electron chi connectivity index (χ1n) is 20.3. The molecule has 8 aromatic carbocycles. The molecule has 0 radical (unpaired) electrons. The summed E-state index contributed by atoms with van der Waals surface area (Å²) in [5.74, 6) is 2.27. The molecule has 0 unspecified atom stereocenters. The molecule has 0 amide bonds. The fourth-order valence-electron chi connectivity index (χ4n) is 9.62. The third kappa shape index (κ3) is 5.14. The van der Waals surface area contributed by atoms with E-state index in [-0.39, 0.29) is 0 Å². The highest BCUT2D eigenvalue weighted by atomic mass is 16.5. The van der Waals surface area contributed by atoms with E-state index in [4.69, 9.17) is 19.7 Å². The zero-order valence-electron chi connectivity index (χ0n) is 32.5. The minimum atomic E-state index is -0.672. The molecule has 3 heterocycles. The number of aromatic nitrogens is 3. The van der Waals surface area contributed by atoms with Gasteiger partial charge in [-0.05, 0) is 57.5 Å². The molecule has 1 spiro atoms. The van der Waals surface area contributed by atoms with Crippen LogP contribution in [0.1, 0.15) is 22.3 Å². The van der Waals surface area contributed by atoms with Crippen molar-refractivity contribution in [3.63, 3.8) is 0 Å². The molecule has 0 bridgehead atoms. The quantitative estimate of drug-likeness (QED) is 0.175. The van der Waals surface area contributed by atoms with Crippen LogP contribution in [-0.2, 0) is 5.41 Å². The Kier molecular flexibility index (Phi) is 7.72. The van der Waals surface area contributed by atoms with E-state index in [9.17, 15) is 0 Å². The van der Waals surface area contributed by atoms with Gasteiger partial charge in [0.05, 0.1) is 22.5 Å². The maximum Gasteiger partial charge on any atom is 0.160 e. The van der Waals surface area contributed by atoms with Gasteiger partial charge in [-0.25, -0.2) is 9.97 Å². The Morgan fingerprint density at radius 1 is 0.367 bits per heavy atom. The van der Waals surface area contributed by atoms with Gasteiger partial charge in [0.25, 0.3) is 0 Å². The second-order valence-corrected chi connectivity index (χ2v) is 15.5. The summed E-state index contributed by atoms with van der Waals surface area (Å²) in [6, 6.07) is 72.8. The standard InChI is InChI=1S/C56H35N3O/c1-3-17-37(18-4-1)50-35-51(59-55(58-50)38-19-5-2-6-20-38)45-27-15-31-49-54(45)60-53-42(39-21-13-22-40(34-39)52-41-23-8-7-16-36(41)32-33-57-52)26-14-30-48(53)56(49)46-28-11-9-24-43(46)44-25-10-12-29-47(44)56/h1-35H. The van der Waals surface area contributed by atoms with Crippen molar-refractivity contribution in [2.24, 2.45) is 0 Å². The molecule has 280 valence electrons. The maximum absolute atomic E-state index is 7.50. The summed E-state index contributed by atoms with van der Waals surface area (Å²) in [6.07, 6.45) is 1.90. The van der Waals surface area contributed by atoms with Crippen LogP contribution in [0.2, 0.25) is 0 Å². The van der Waals surface area contributed by atoms with E-state index in [1.54, 1.807) is 0 Å². The lowest BCUT2D eigenvalue weighted by Gasteiger charge is -2.40. The Morgan fingerprint density at radius 3 is 1.65 bits per heavy atom. The van der Waals surface area contributed by atoms with E-state index in [0.717, 1.165) is 83.9 Å². The molecule has 2 aliphatic rings. The monoisotopic (exact) mass is 765 g/mol. The van der Waals surface area contributed by atoms with Gasteiger partial charge in [-0.1, -0.05) is 182 Å². The van der Waals surface area contributed by atoms with Crippen LogP contribution >= 0.6 is 0 Å². The third-order valence-electron chi connectivity index (χ3n) is 12.2. The average molecular weight is 766 g/mol. The number of para-hydroxylation sites is 2. The van der Waals surface area contributed by atoms with Gasteiger partial charge in [0, 0.05) is 50.5 Å². The van der Waals surface area contributed by atoms with Crippen molar-refractivity contribution in [3.05, 3.63) is 235 Å². The van der Waals surface area contributed by atoms with Gasteiger partial charge in [0.15, 0.2) is 5.82 Å². The smallest absolute Gasteiger partial charge is 0.160 e. The Morgan fingerprint density at radius 2 is 0.900 bits per heavy atom. The molecule has 60 heavy (non-hydrogen) atoms. The lowest BCUT2D eigenvalue weighted by molar-refractivity contribution is 0.439. The summed E-state index contributed by atoms with van der Waals surface area (Å²) < 4.78 is 7.50. The van der Waals surface area contributed by atoms with E-state index in [1.807, 2.05) is 30.5 Å². The predicted octanol–water partition coefficient (Wildman–Crippen LogP) is 13.8. The Hall–Kier alpha value is -7.95. The van der Waals surface area contributed by atoms with Crippen molar-refractivity contribution < 1.29 is 4.74 Å². The number of ether oxygens (including phenoxy) is 1. The number of nitrogens with zero attached hydrogens (tertiary/aromatic N) is 3. The highest BCUT2D eigenvalue weighted by Crippen LogP contribution is 2.64. The van der Waals surface area contributed by atoms with Crippen LogP contribution in [0.15, 0.2) is 212 Å². The van der Waals surface area contributed by atoms with Gasteiger partial charge < -0.3 is 4.74 Å². The van der Waals surface area contributed by atoms with Crippen LogP contribution in [0.4, 0.5) is 0 Å². The lowest BCUT2D eigenvalue weighted by atomic mass is 9.65. The second-order valence-electron chi connectivity index (χ2n) is 15.5. The van der Waals surface area contributed by atoms with Crippen LogP contribution in [0, 0.1) is 0 Å². The average Bonchev–Trinajstić information content (AvgIpc) is 3.62. The summed E-state index contributed by atoms with van der Waals surface area (Å²) in [6.45, 7) is 0. The topological polar surface area (TPSA) is 47.9 Å². The molecule has 10 aromatic rings. The Bertz CT molecular complexity index is 3190. The third-order valence-corrected chi connectivity index (χ3v) is 12.2. The molecule has 0 N–H and O–H groups in total. The lowest BCUT2D eigenvalue weighted by Crippen LogP contribution is -2.32. The number of benzene rings is 8. The van der Waals surface area contributed by atoms with Crippen LogP contribution in [0.3, 0.4) is 0 Å². The SMILES string of the molecule is c1ccc(-c2cc(-c3cccc4c3Oc3c(-c5cccc(-c6nccc7ccccc67)c5)cccc3C43c4ccccc4-c4ccccc43)nc(-c3ccccc3)n2)cc1. The summed E-state index contributed by atoms with van der Waals surface area (Å²) >= 11 is 0. The van der Waals surface area contributed by atoms with Crippen molar-refractivity contribution in [1.29, 1.82) is 0 Å². The van der Waals surface area contributed by atoms with Gasteiger partial charge in [0.2, 0.25) is 0 Å². The molecule has 12 rings (SSSR count). The number of fused-ring (bicyclic) bond motifs is 10. The predicted molar refractivity (Wildman–Crippen MR) is 242 cm³/mol. The second kappa shape index (κ2) is 13.6. The van der Waals surface area contributed by atoms with E-state index in [2.05, 4.69) is 182 Å². The van der Waals surface area contributed by atoms with Crippen LogP contribution in [-0.4, -0.2) is 15.0 Å². The van der Waals surface area contributed by atoms with Crippen molar-refractivity contribution in [2.75, 3.05) is 0 Å². The van der Waals surface area contributed by atoms with Crippen molar-refractivity contribution >= 4 is 10.8 Å². The number of rotatable bonds is 5. The van der Waals surface area contributed by atoms with Crippen LogP contribution < -0.4 is 4.74 Å². The zero-order valence-corrected chi connectivity index (χ0v) is 32.5. The minimum absolute atomic E-state index is 0.659. The van der Waals surface area contributed by atoms with E-state index in [0.29, 0.717) is 5.82 Å². The molecule has 4 nitrogen and oxygen atoms in total. The Balaban J connectivity index is 1.14. The van der Waals surface area contributed by atoms with E-state index >= 15 is 0 Å². The molecular weight excluding hydrogens is 731 g/mol. The maximum atomic E-state index is 7.50. The first kappa shape index (κ1) is 34.1. The zero-order chi connectivity index (χ0) is 39.6. The molecular formula is C56H35N3O. The summed E-state index contributed by atoms with van der Waals surface area (Å²) in [4.78, 5) is 15.3. The number of pyridine rings is 1. The summed E-state index contributed by atoms with van der Waals surface area (Å²) in [5.41, 5.74) is 15.0. The fourth-order valence-corrected chi connectivity index (χ4v) is 9.62. The highest BCUT2D eigenvalue weighted by Gasteiger charge is 2.52. The molecule has 0 saturated heterocycles. The summed E-state index contributed by atoms with van der Waals surface area (Å²) in [5, 5.41) is 2.28. The largest absolute Gasteiger partial charge is 0.455 e. The van der Waals surface area contributed by atoms with Crippen molar-refractivity contribution in [1.82, 2.24) is 15.0 Å². The van der Waals surface area contributed by atoms with Crippen molar-refractivity contribution in [2.45, 2.75) is 5.41 Å². The van der Waals surface area contributed by atoms with Gasteiger partial charge in [-0.2, -0.15) is 0 Å². The molecule has 1 aliphatic carbocycles. The van der Waals surface area contributed by atoms with Crippen molar-refractivity contribution in [3.8, 4) is 78.9 Å². The minimum Gasteiger partial charge on any atom is -0.455 e.